The largest absolute Gasteiger partial charge is 0.494 e. The average molecular weight is 482 g/mol. The van der Waals surface area contributed by atoms with Crippen LogP contribution in [0, 0.1) is 13.8 Å². The normalized spacial score (nSPS) is 11.0. The lowest BCUT2D eigenvalue weighted by Gasteiger charge is -2.08. The minimum absolute atomic E-state index is 0.123. The summed E-state index contributed by atoms with van der Waals surface area (Å²) < 4.78 is 7.31. The fraction of sp³-hybridized carbons (Fsp3) is 0.240. The fourth-order valence-electron chi connectivity index (χ4n) is 3.53. The molecular formula is C25H24ClN3O3S. The number of aromatic nitrogens is 2. The lowest BCUT2D eigenvalue weighted by Crippen LogP contribution is -2.21. The molecule has 0 aliphatic carbocycles. The van der Waals surface area contributed by atoms with Crippen LogP contribution in [0.25, 0.3) is 10.2 Å². The van der Waals surface area contributed by atoms with Crippen LogP contribution in [0.5, 0.6) is 5.75 Å². The number of nitrogens with zero attached hydrogens (tertiary/aromatic N) is 2. The highest BCUT2D eigenvalue weighted by Gasteiger charge is 2.20. The Morgan fingerprint density at radius 3 is 2.64 bits per heavy atom. The fourth-order valence-corrected chi connectivity index (χ4v) is 4.69. The second-order valence-corrected chi connectivity index (χ2v) is 9.19. The molecule has 0 radical (unpaired) electrons. The van der Waals surface area contributed by atoms with Crippen molar-refractivity contribution in [2.24, 2.45) is 0 Å². The lowest BCUT2D eigenvalue weighted by atomic mass is 10.2. The van der Waals surface area contributed by atoms with Crippen LogP contribution in [0.15, 0.2) is 59.7 Å². The Morgan fingerprint density at radius 2 is 1.88 bits per heavy atom. The molecule has 4 aromatic rings. The number of para-hydroxylation sites is 1. The molecule has 1 N–H and O–H groups in total. The number of ether oxygens (including phenoxy) is 1. The average Bonchev–Trinajstić information content (AvgIpc) is 3.15. The highest BCUT2D eigenvalue weighted by Crippen LogP contribution is 2.28. The van der Waals surface area contributed by atoms with E-state index in [0.717, 1.165) is 29.8 Å². The summed E-state index contributed by atoms with van der Waals surface area (Å²) in [7, 11) is 0. The van der Waals surface area contributed by atoms with Crippen molar-refractivity contribution in [3.8, 4) is 5.75 Å². The molecule has 33 heavy (non-hydrogen) atoms. The number of unbranched alkanes of at least 4 members (excludes halogenated alkanes) is 1. The van der Waals surface area contributed by atoms with Crippen LogP contribution in [0.2, 0.25) is 5.02 Å². The zero-order valence-electron chi connectivity index (χ0n) is 18.4. The molecule has 0 aliphatic rings. The quantitative estimate of drug-likeness (QED) is 0.321. The van der Waals surface area contributed by atoms with Crippen molar-refractivity contribution in [2.45, 2.75) is 33.2 Å². The topological polar surface area (TPSA) is 73.2 Å². The number of rotatable bonds is 8. The zero-order valence-corrected chi connectivity index (χ0v) is 20.0. The van der Waals surface area contributed by atoms with Gasteiger partial charge in [0, 0.05) is 17.3 Å². The number of nitrogens with one attached hydrogen (secondary N) is 1. The Morgan fingerprint density at radius 1 is 1.12 bits per heavy atom. The molecule has 8 heteroatoms. The van der Waals surface area contributed by atoms with Gasteiger partial charge >= 0.3 is 0 Å². The van der Waals surface area contributed by atoms with E-state index in [-0.39, 0.29) is 11.5 Å². The minimum Gasteiger partial charge on any atom is -0.494 e. The van der Waals surface area contributed by atoms with Gasteiger partial charge in [0.2, 0.25) is 0 Å². The molecule has 2 aromatic carbocycles. The Labute approximate surface area is 200 Å². The molecule has 0 atom stereocenters. The highest BCUT2D eigenvalue weighted by atomic mass is 35.5. The first-order valence-electron chi connectivity index (χ1n) is 10.7. The van der Waals surface area contributed by atoms with Crippen LogP contribution in [0.3, 0.4) is 0 Å². The number of benzene rings is 2. The van der Waals surface area contributed by atoms with Crippen LogP contribution in [-0.2, 0) is 6.54 Å². The summed E-state index contributed by atoms with van der Waals surface area (Å²) in [4.78, 5) is 31.5. The predicted octanol–water partition coefficient (Wildman–Crippen LogP) is 5.84. The number of aryl methyl sites for hydroxylation is 3. The number of amides is 1. The predicted molar refractivity (Wildman–Crippen MR) is 134 cm³/mol. The Hall–Kier alpha value is -3.16. The van der Waals surface area contributed by atoms with E-state index in [1.165, 1.54) is 11.3 Å². The van der Waals surface area contributed by atoms with Gasteiger partial charge in [0.25, 0.3) is 11.5 Å². The SMILES string of the molecule is Cc1ccccc1NC(=O)c1sc2ncn(CCCCOc3ccc(Cl)cc3)c(=O)c2c1C. The van der Waals surface area contributed by atoms with Crippen LogP contribution >= 0.6 is 22.9 Å². The molecule has 0 spiro atoms. The van der Waals surface area contributed by atoms with E-state index in [1.807, 2.05) is 43.3 Å². The molecule has 170 valence electrons. The summed E-state index contributed by atoms with van der Waals surface area (Å²) in [5.41, 5.74) is 2.27. The molecule has 0 fully saturated rings. The molecule has 2 heterocycles. The molecule has 0 bridgehead atoms. The lowest BCUT2D eigenvalue weighted by molar-refractivity contribution is 0.103. The van der Waals surface area contributed by atoms with Crippen LogP contribution < -0.4 is 15.6 Å². The van der Waals surface area contributed by atoms with Crippen molar-refractivity contribution >= 4 is 44.7 Å². The van der Waals surface area contributed by atoms with Gasteiger partial charge in [-0.2, -0.15) is 0 Å². The number of halogens is 1. The first-order valence-corrected chi connectivity index (χ1v) is 11.9. The van der Waals surface area contributed by atoms with Gasteiger partial charge in [-0.15, -0.1) is 11.3 Å². The van der Waals surface area contributed by atoms with Crippen molar-refractivity contribution in [3.63, 3.8) is 0 Å². The van der Waals surface area contributed by atoms with Crippen molar-refractivity contribution in [1.82, 2.24) is 9.55 Å². The molecule has 6 nitrogen and oxygen atoms in total. The first kappa shape index (κ1) is 23.0. The van der Waals surface area contributed by atoms with Crippen molar-refractivity contribution in [2.75, 3.05) is 11.9 Å². The Kier molecular flexibility index (Phi) is 7.11. The maximum Gasteiger partial charge on any atom is 0.266 e. The third kappa shape index (κ3) is 5.26. The van der Waals surface area contributed by atoms with E-state index in [1.54, 1.807) is 30.0 Å². The van der Waals surface area contributed by atoms with Crippen molar-refractivity contribution in [1.29, 1.82) is 0 Å². The molecular weight excluding hydrogens is 458 g/mol. The summed E-state index contributed by atoms with van der Waals surface area (Å²) in [6.07, 6.45) is 3.12. The van der Waals surface area contributed by atoms with E-state index in [4.69, 9.17) is 16.3 Å². The number of hydrogen-bond acceptors (Lipinski definition) is 5. The summed E-state index contributed by atoms with van der Waals surface area (Å²) in [5, 5.41) is 4.12. The minimum atomic E-state index is -0.227. The number of anilines is 1. The van der Waals surface area contributed by atoms with Crippen molar-refractivity contribution < 1.29 is 9.53 Å². The summed E-state index contributed by atoms with van der Waals surface area (Å²) in [6, 6.07) is 14.8. The third-order valence-corrected chi connectivity index (χ3v) is 6.84. The van der Waals surface area contributed by atoms with Crippen LogP contribution in [-0.4, -0.2) is 22.1 Å². The van der Waals surface area contributed by atoms with Crippen LogP contribution in [0.4, 0.5) is 5.69 Å². The standard InChI is InChI=1S/C25H24ClN3O3S/c1-16-7-3-4-8-20(16)28-23(30)22-17(2)21-24(33-22)27-15-29(25(21)31)13-5-6-14-32-19-11-9-18(26)10-12-19/h3-4,7-12,15H,5-6,13-14H2,1-2H3,(H,28,30). The summed E-state index contributed by atoms with van der Waals surface area (Å²) >= 11 is 7.12. The van der Waals surface area contributed by atoms with Gasteiger partial charge in [0.05, 0.1) is 23.2 Å². The Bertz CT molecular complexity index is 1350. The Balaban J connectivity index is 1.42. The first-order chi connectivity index (χ1) is 15.9. The molecule has 2 aromatic heterocycles. The summed E-state index contributed by atoms with van der Waals surface area (Å²) in [5.74, 6) is 0.542. The maximum atomic E-state index is 13.1. The number of thiophene rings is 1. The number of carbonyl (C=O) groups is 1. The molecule has 0 unspecified atom stereocenters. The molecule has 0 saturated heterocycles. The monoisotopic (exact) mass is 481 g/mol. The van der Waals surface area contributed by atoms with Gasteiger partial charge in [-0.05, 0) is 68.1 Å². The number of carbonyl (C=O) groups excluding carboxylic acids is 1. The smallest absolute Gasteiger partial charge is 0.266 e. The number of hydrogen-bond donors (Lipinski definition) is 1. The molecule has 1 amide bonds. The van der Waals surface area contributed by atoms with Crippen molar-refractivity contribution in [3.05, 3.63) is 86.2 Å². The molecule has 0 aliphatic heterocycles. The van der Waals surface area contributed by atoms with Crippen LogP contribution in [0.1, 0.15) is 33.6 Å². The van der Waals surface area contributed by atoms with E-state index < -0.39 is 0 Å². The van der Waals surface area contributed by atoms with E-state index in [2.05, 4.69) is 10.3 Å². The van der Waals surface area contributed by atoms with E-state index >= 15 is 0 Å². The summed E-state index contributed by atoms with van der Waals surface area (Å²) in [6.45, 7) is 4.83. The van der Waals surface area contributed by atoms with Gasteiger partial charge < -0.3 is 10.1 Å². The van der Waals surface area contributed by atoms with Gasteiger partial charge in [-0.25, -0.2) is 4.98 Å². The highest BCUT2D eigenvalue weighted by molar-refractivity contribution is 7.20. The molecule has 0 saturated carbocycles. The zero-order chi connectivity index (χ0) is 23.4. The van der Waals surface area contributed by atoms with E-state index in [0.29, 0.717) is 38.8 Å². The van der Waals surface area contributed by atoms with Gasteiger partial charge in [0.1, 0.15) is 10.6 Å². The third-order valence-electron chi connectivity index (χ3n) is 5.39. The number of fused-ring (bicyclic) bond motifs is 1. The van der Waals surface area contributed by atoms with E-state index in [9.17, 15) is 9.59 Å². The van der Waals surface area contributed by atoms with Gasteiger partial charge in [0.15, 0.2) is 0 Å². The second kappa shape index (κ2) is 10.2. The maximum absolute atomic E-state index is 13.1. The second-order valence-electron chi connectivity index (χ2n) is 7.76. The van der Waals surface area contributed by atoms with Gasteiger partial charge in [-0.3, -0.25) is 14.2 Å². The molecule has 4 rings (SSSR count). The van der Waals surface area contributed by atoms with Gasteiger partial charge in [-0.1, -0.05) is 29.8 Å².